The summed E-state index contributed by atoms with van der Waals surface area (Å²) in [6.45, 7) is 6.79. The van der Waals surface area contributed by atoms with Gasteiger partial charge >= 0.3 is 6.09 Å². The molecular formula is C20H31N2O4S+. The molecular weight excluding hydrogens is 364 g/mol. The average molecular weight is 396 g/mol. The van der Waals surface area contributed by atoms with E-state index in [9.17, 15) is 18.3 Å². The van der Waals surface area contributed by atoms with E-state index >= 15 is 0 Å². The van der Waals surface area contributed by atoms with Crippen molar-refractivity contribution in [1.29, 1.82) is 0 Å². The molecule has 2 rings (SSSR count). The Morgan fingerprint density at radius 3 is 2.52 bits per heavy atom. The molecule has 1 aromatic rings. The van der Waals surface area contributed by atoms with Crippen molar-refractivity contribution in [2.45, 2.75) is 52.1 Å². The minimum atomic E-state index is -3.67. The molecule has 1 heterocycles. The van der Waals surface area contributed by atoms with Gasteiger partial charge in [-0.25, -0.2) is 17.6 Å². The van der Waals surface area contributed by atoms with Gasteiger partial charge in [-0.1, -0.05) is 44.2 Å². The van der Waals surface area contributed by atoms with Crippen LogP contribution in [0.2, 0.25) is 0 Å². The predicted molar refractivity (Wildman–Crippen MR) is 107 cm³/mol. The molecule has 7 heteroatoms. The van der Waals surface area contributed by atoms with Crippen LogP contribution in [0, 0.1) is 5.92 Å². The van der Waals surface area contributed by atoms with Crippen molar-refractivity contribution in [2.24, 2.45) is 5.92 Å². The van der Waals surface area contributed by atoms with Crippen molar-refractivity contribution < 1.29 is 22.8 Å². The van der Waals surface area contributed by atoms with Crippen LogP contribution in [-0.2, 0) is 10.0 Å². The van der Waals surface area contributed by atoms with Crippen molar-refractivity contribution in [3.8, 4) is 0 Å². The quantitative estimate of drug-likeness (QED) is 0.658. The number of nitrogens with zero attached hydrogens (tertiary/aromatic N) is 1. The first-order valence-electron chi connectivity index (χ1n) is 9.50. The number of nitrogens with one attached hydrogen (secondary N) is 1. The molecule has 0 aromatic heterocycles. The van der Waals surface area contributed by atoms with Gasteiger partial charge in [0.1, 0.15) is 6.54 Å². The lowest BCUT2D eigenvalue weighted by Gasteiger charge is -2.36. The first-order chi connectivity index (χ1) is 12.6. The Balaban J connectivity index is 2.18. The van der Waals surface area contributed by atoms with Gasteiger partial charge in [-0.05, 0) is 30.9 Å². The van der Waals surface area contributed by atoms with Crippen molar-refractivity contribution in [1.82, 2.24) is 4.72 Å². The van der Waals surface area contributed by atoms with E-state index in [1.165, 1.54) is 0 Å². The number of amides is 1. The van der Waals surface area contributed by atoms with E-state index in [-0.39, 0.29) is 23.0 Å². The number of carbonyl (C=O) groups is 1. The minimum Gasteiger partial charge on any atom is -0.435 e. The molecule has 150 valence electrons. The van der Waals surface area contributed by atoms with Crippen LogP contribution in [0.25, 0.3) is 6.08 Å². The Morgan fingerprint density at radius 1 is 1.33 bits per heavy atom. The van der Waals surface area contributed by atoms with Gasteiger partial charge in [0.2, 0.25) is 10.0 Å². The highest BCUT2D eigenvalue weighted by molar-refractivity contribution is 7.92. The second-order valence-corrected chi connectivity index (χ2v) is 9.51. The smallest absolute Gasteiger partial charge is 0.435 e. The zero-order valence-corrected chi connectivity index (χ0v) is 17.2. The third kappa shape index (κ3) is 5.89. The van der Waals surface area contributed by atoms with Gasteiger partial charge in [-0.15, -0.1) is 0 Å². The standard InChI is InChI=1S/C20H30N2O4S/c1-16(2)14-19(15-22(20(23)24)12-7-8-17(22)3)21-27(25,26)13-11-18-9-5-4-6-10-18/h4-6,9-11,13,16-17,19,21H,7-8,12,14-15H2,1-3H3/p+1/t17-,19+,22?/m1/s1. The van der Waals surface area contributed by atoms with Gasteiger partial charge in [0.25, 0.3) is 0 Å². The van der Waals surface area contributed by atoms with Crippen molar-refractivity contribution >= 4 is 22.2 Å². The van der Waals surface area contributed by atoms with Crippen LogP contribution >= 0.6 is 0 Å². The summed E-state index contributed by atoms with van der Waals surface area (Å²) in [6, 6.07) is 8.78. The van der Waals surface area contributed by atoms with Crippen LogP contribution in [0.15, 0.2) is 35.7 Å². The normalized spacial score (nSPS) is 24.5. The Labute approximate surface area is 162 Å². The van der Waals surface area contributed by atoms with Crippen LogP contribution in [0.5, 0.6) is 0 Å². The number of quaternary nitrogens is 1. The highest BCUT2D eigenvalue weighted by Gasteiger charge is 2.48. The molecule has 1 fully saturated rings. The summed E-state index contributed by atoms with van der Waals surface area (Å²) in [5.41, 5.74) is 0.797. The fraction of sp³-hybridized carbons (Fsp3) is 0.550. The van der Waals surface area contributed by atoms with Crippen LogP contribution < -0.4 is 4.72 Å². The third-order valence-electron chi connectivity index (χ3n) is 5.28. The van der Waals surface area contributed by atoms with Gasteiger partial charge in [0.05, 0.1) is 18.6 Å². The summed E-state index contributed by atoms with van der Waals surface area (Å²) in [5.74, 6) is 0.252. The Hall–Kier alpha value is -1.70. The molecule has 2 N–H and O–H groups in total. The number of sulfonamides is 1. The van der Waals surface area contributed by atoms with Crippen molar-refractivity contribution in [2.75, 3.05) is 13.1 Å². The fourth-order valence-corrected chi connectivity index (χ4v) is 4.95. The monoisotopic (exact) mass is 395 g/mol. The van der Waals surface area contributed by atoms with E-state index in [0.717, 1.165) is 23.8 Å². The maximum Gasteiger partial charge on any atom is 0.513 e. The molecule has 0 radical (unpaired) electrons. The molecule has 1 aliphatic heterocycles. The van der Waals surface area contributed by atoms with Gasteiger partial charge in [-0.3, -0.25) is 0 Å². The molecule has 0 saturated carbocycles. The number of likely N-dealkylation sites (tertiary alicyclic amines) is 1. The zero-order valence-electron chi connectivity index (χ0n) is 16.3. The van der Waals surface area contributed by atoms with E-state index in [1.54, 1.807) is 6.08 Å². The molecule has 1 aromatic carbocycles. The number of benzene rings is 1. The van der Waals surface area contributed by atoms with Crippen molar-refractivity contribution in [3.05, 3.63) is 41.3 Å². The summed E-state index contributed by atoms with van der Waals surface area (Å²) in [7, 11) is -3.67. The molecule has 27 heavy (non-hydrogen) atoms. The molecule has 0 spiro atoms. The summed E-state index contributed by atoms with van der Waals surface area (Å²) in [5, 5.41) is 11.0. The van der Waals surface area contributed by atoms with Crippen LogP contribution in [0.4, 0.5) is 4.79 Å². The van der Waals surface area contributed by atoms with E-state index in [1.807, 2.05) is 51.1 Å². The van der Waals surface area contributed by atoms with E-state index in [2.05, 4.69) is 4.72 Å². The molecule has 3 atom stereocenters. The SMILES string of the molecule is CC(C)C[C@@H](C[N+]1(C(=O)O)CCC[C@H]1C)NS(=O)(=O)C=Cc1ccccc1. The molecule has 1 saturated heterocycles. The van der Waals surface area contributed by atoms with Crippen LogP contribution in [0.3, 0.4) is 0 Å². The van der Waals surface area contributed by atoms with Gasteiger partial charge in [0, 0.05) is 18.2 Å². The lowest BCUT2D eigenvalue weighted by atomic mass is 10.0. The van der Waals surface area contributed by atoms with E-state index < -0.39 is 22.2 Å². The average Bonchev–Trinajstić information content (AvgIpc) is 2.95. The first-order valence-corrected chi connectivity index (χ1v) is 11.0. The summed E-state index contributed by atoms with van der Waals surface area (Å²) >= 11 is 0. The highest BCUT2D eigenvalue weighted by atomic mass is 32.2. The molecule has 0 aliphatic carbocycles. The topological polar surface area (TPSA) is 83.5 Å². The van der Waals surface area contributed by atoms with Gasteiger partial charge in [0.15, 0.2) is 0 Å². The number of hydrogen-bond donors (Lipinski definition) is 2. The molecule has 6 nitrogen and oxygen atoms in total. The molecule has 0 bridgehead atoms. The minimum absolute atomic E-state index is 0.0125. The first kappa shape index (κ1) is 21.6. The van der Waals surface area contributed by atoms with Gasteiger partial charge in [-0.2, -0.15) is 4.79 Å². The third-order valence-corrected chi connectivity index (χ3v) is 6.43. The fourth-order valence-electron chi connectivity index (χ4n) is 3.90. The molecule has 1 aliphatic rings. The Kier molecular flexibility index (Phi) is 7.19. The number of hydrogen-bond acceptors (Lipinski definition) is 3. The summed E-state index contributed by atoms with van der Waals surface area (Å²) in [4.78, 5) is 12.0. The van der Waals surface area contributed by atoms with Crippen LogP contribution in [-0.4, -0.2) is 49.3 Å². The van der Waals surface area contributed by atoms with E-state index in [0.29, 0.717) is 13.0 Å². The Bertz CT molecular complexity index is 761. The second-order valence-electron chi connectivity index (χ2n) is 7.92. The molecule has 1 amide bonds. The van der Waals surface area contributed by atoms with Crippen molar-refractivity contribution in [3.63, 3.8) is 0 Å². The lowest BCUT2D eigenvalue weighted by Crippen LogP contribution is -2.60. The van der Waals surface area contributed by atoms with Gasteiger partial charge < -0.3 is 5.11 Å². The second kappa shape index (κ2) is 8.99. The molecule has 1 unspecified atom stereocenters. The largest absolute Gasteiger partial charge is 0.513 e. The maximum atomic E-state index is 12.6. The van der Waals surface area contributed by atoms with E-state index in [4.69, 9.17) is 0 Å². The predicted octanol–water partition coefficient (Wildman–Crippen LogP) is 3.67. The maximum absolute atomic E-state index is 12.6. The highest BCUT2D eigenvalue weighted by Crippen LogP contribution is 2.29. The Morgan fingerprint density at radius 2 is 2.00 bits per heavy atom. The lowest BCUT2D eigenvalue weighted by molar-refractivity contribution is -0.868. The summed E-state index contributed by atoms with van der Waals surface area (Å²) < 4.78 is 27.8. The summed E-state index contributed by atoms with van der Waals surface area (Å²) in [6.07, 6.45) is 2.98. The number of rotatable bonds is 8. The number of carboxylic acid groups (broad SMARTS) is 1. The zero-order chi connectivity index (χ0) is 20.1. The van der Waals surface area contributed by atoms with Crippen LogP contribution in [0.1, 0.15) is 45.6 Å².